The lowest BCUT2D eigenvalue weighted by atomic mass is 10.1. The molecule has 0 aromatic heterocycles. The van der Waals surface area contributed by atoms with Crippen molar-refractivity contribution in [3.8, 4) is 0 Å². The van der Waals surface area contributed by atoms with Gasteiger partial charge < -0.3 is 14.5 Å². The van der Waals surface area contributed by atoms with Gasteiger partial charge in [0, 0.05) is 13.0 Å². The van der Waals surface area contributed by atoms with Gasteiger partial charge in [0.2, 0.25) is 0 Å². The lowest BCUT2D eigenvalue weighted by Crippen LogP contribution is -2.28. The summed E-state index contributed by atoms with van der Waals surface area (Å²) in [6, 6.07) is 0. The molecule has 9 nitrogen and oxygen atoms in total. The van der Waals surface area contributed by atoms with Crippen molar-refractivity contribution in [2.45, 2.75) is 44.0 Å². The highest BCUT2D eigenvalue weighted by molar-refractivity contribution is 7.47. The van der Waals surface area contributed by atoms with Crippen molar-refractivity contribution in [3.63, 3.8) is 0 Å². The van der Waals surface area contributed by atoms with E-state index in [1.165, 1.54) is 0 Å². The molecule has 6 unspecified atom stereocenters. The van der Waals surface area contributed by atoms with Gasteiger partial charge in [0.05, 0.1) is 19.3 Å². The number of hydrogen-bond acceptors (Lipinski definition) is 7. The Morgan fingerprint density at radius 3 is 2.41 bits per heavy atom. The maximum absolute atomic E-state index is 12.0. The summed E-state index contributed by atoms with van der Waals surface area (Å²) in [6.07, 6.45) is 0.229. The second kappa shape index (κ2) is 6.59. The molecule has 1 saturated carbocycles. The predicted molar refractivity (Wildman–Crippen MR) is 73.0 cm³/mol. The largest absolute Gasteiger partial charge is 0.472 e. The summed E-state index contributed by atoms with van der Waals surface area (Å²) in [7, 11) is -8.38. The minimum atomic E-state index is -4.19. The summed E-state index contributed by atoms with van der Waals surface area (Å²) in [6.45, 7) is 0.0948. The maximum atomic E-state index is 12.0. The molecule has 22 heavy (non-hydrogen) atoms. The van der Waals surface area contributed by atoms with E-state index in [0.29, 0.717) is 32.3 Å². The number of ether oxygens (including phenoxy) is 1. The fourth-order valence-electron chi connectivity index (χ4n) is 2.97. The molecule has 3 rings (SSSR count). The van der Waals surface area contributed by atoms with Crippen LogP contribution in [-0.2, 0) is 32.0 Å². The Bertz CT molecular complexity index is 498. The minimum absolute atomic E-state index is 0.0227. The molecule has 2 heterocycles. The molecule has 1 aliphatic carbocycles. The summed E-state index contributed by atoms with van der Waals surface area (Å²) in [4.78, 5) is 19.5. The lowest BCUT2D eigenvalue weighted by molar-refractivity contribution is -0.00508. The molecule has 11 heteroatoms. The van der Waals surface area contributed by atoms with Gasteiger partial charge in [0.25, 0.3) is 0 Å². The monoisotopic (exact) mass is 358 g/mol. The lowest BCUT2D eigenvalue weighted by Gasteiger charge is -2.22. The molecule has 0 amide bonds. The smallest absolute Gasteiger partial charge is 0.373 e. The van der Waals surface area contributed by atoms with Crippen LogP contribution in [0.4, 0.5) is 0 Å². The average Bonchev–Trinajstić information content (AvgIpc) is 3.02. The van der Waals surface area contributed by atoms with Crippen LogP contribution in [0.3, 0.4) is 0 Å². The zero-order chi connectivity index (χ0) is 15.8. The quantitative estimate of drug-likeness (QED) is 0.622. The minimum Gasteiger partial charge on any atom is -0.373 e. The Kier molecular flexibility index (Phi) is 5.10. The summed E-state index contributed by atoms with van der Waals surface area (Å²) < 4.78 is 49.5. The Labute approximate surface area is 128 Å². The fraction of sp³-hybridized carbons (Fsp3) is 1.00. The predicted octanol–water partition coefficient (Wildman–Crippen LogP) is 1.59. The van der Waals surface area contributed by atoms with Gasteiger partial charge in [-0.25, -0.2) is 9.13 Å². The summed E-state index contributed by atoms with van der Waals surface area (Å²) >= 11 is 0. The molecule has 3 aliphatic rings. The average molecular weight is 358 g/mol. The van der Waals surface area contributed by atoms with Gasteiger partial charge in [-0.15, -0.1) is 0 Å². The van der Waals surface area contributed by atoms with E-state index in [1.54, 1.807) is 0 Å². The molecule has 0 aromatic rings. The van der Waals surface area contributed by atoms with Crippen molar-refractivity contribution in [3.05, 3.63) is 0 Å². The van der Waals surface area contributed by atoms with Gasteiger partial charge in [-0.05, 0) is 25.2 Å². The number of fused-ring (bicyclic) bond motifs is 3. The molecule has 2 saturated heterocycles. The van der Waals surface area contributed by atoms with Crippen LogP contribution in [-0.4, -0.2) is 47.9 Å². The summed E-state index contributed by atoms with van der Waals surface area (Å²) in [5, 5.41) is 0. The van der Waals surface area contributed by atoms with Crippen LogP contribution < -0.4 is 0 Å². The first kappa shape index (κ1) is 17.0. The standard InChI is InChI=1S/C11H20O9P2/c12-21(13)18-7-11-10(3-4-16-11)20-22(14,15)17-6-8-1-2-9(5-8)19-21/h8-11H,1-7H2,(H,12,13)(H,14,15). The zero-order valence-electron chi connectivity index (χ0n) is 11.9. The molecule has 0 aromatic carbocycles. The number of phosphoric acid groups is 2. The molecular formula is C11H20O9P2. The molecule has 3 fully saturated rings. The van der Waals surface area contributed by atoms with E-state index in [0.717, 1.165) is 0 Å². The van der Waals surface area contributed by atoms with E-state index in [4.69, 9.17) is 22.8 Å². The number of rotatable bonds is 0. The first-order valence-electron chi connectivity index (χ1n) is 7.26. The van der Waals surface area contributed by atoms with E-state index < -0.39 is 34.0 Å². The van der Waals surface area contributed by atoms with Gasteiger partial charge in [-0.3, -0.25) is 18.1 Å². The first-order chi connectivity index (χ1) is 10.3. The SMILES string of the molecule is O=P1(O)OCC2OCCC2OP(=O)(O)OCC2CCC(C2)O1. The van der Waals surface area contributed by atoms with Gasteiger partial charge in [-0.2, -0.15) is 0 Å². The highest BCUT2D eigenvalue weighted by Crippen LogP contribution is 2.51. The molecular weight excluding hydrogens is 338 g/mol. The second-order valence-electron chi connectivity index (χ2n) is 5.78. The Morgan fingerprint density at radius 1 is 0.864 bits per heavy atom. The van der Waals surface area contributed by atoms with Gasteiger partial charge >= 0.3 is 15.6 Å². The third-order valence-corrected chi connectivity index (χ3v) is 6.12. The van der Waals surface area contributed by atoms with Crippen molar-refractivity contribution in [2.24, 2.45) is 5.92 Å². The molecule has 0 spiro atoms. The van der Waals surface area contributed by atoms with Crippen molar-refractivity contribution in [2.75, 3.05) is 19.8 Å². The summed E-state index contributed by atoms with van der Waals surface area (Å²) in [5.41, 5.74) is 0. The van der Waals surface area contributed by atoms with Crippen molar-refractivity contribution >= 4 is 15.6 Å². The third-order valence-electron chi connectivity index (χ3n) is 4.07. The third kappa shape index (κ3) is 4.38. The van der Waals surface area contributed by atoms with E-state index in [2.05, 4.69) is 0 Å². The van der Waals surface area contributed by atoms with Crippen molar-refractivity contribution < 1.29 is 41.7 Å². The first-order valence-corrected chi connectivity index (χ1v) is 10.3. The topological polar surface area (TPSA) is 121 Å². The fourth-order valence-corrected chi connectivity index (χ4v) is 4.98. The van der Waals surface area contributed by atoms with Crippen LogP contribution >= 0.6 is 15.6 Å². The van der Waals surface area contributed by atoms with Gasteiger partial charge in [0.1, 0.15) is 12.2 Å². The van der Waals surface area contributed by atoms with Crippen molar-refractivity contribution in [1.29, 1.82) is 0 Å². The second-order valence-corrected chi connectivity index (χ2v) is 8.59. The number of phosphoric ester groups is 2. The molecule has 0 radical (unpaired) electrons. The molecule has 2 aliphatic heterocycles. The maximum Gasteiger partial charge on any atom is 0.472 e. The van der Waals surface area contributed by atoms with E-state index in [-0.39, 0.29) is 19.1 Å². The van der Waals surface area contributed by atoms with Gasteiger partial charge in [-0.1, -0.05) is 0 Å². The highest BCUT2D eigenvalue weighted by atomic mass is 31.2. The molecule has 6 atom stereocenters. The Balaban J connectivity index is 1.75. The van der Waals surface area contributed by atoms with Crippen LogP contribution in [0.15, 0.2) is 0 Å². The van der Waals surface area contributed by atoms with Crippen molar-refractivity contribution in [1.82, 2.24) is 0 Å². The van der Waals surface area contributed by atoms with E-state index >= 15 is 0 Å². The van der Waals surface area contributed by atoms with Crippen LogP contribution in [0.25, 0.3) is 0 Å². The Hall–Kier alpha value is 0.180. The molecule has 128 valence electrons. The van der Waals surface area contributed by atoms with Gasteiger partial charge in [0.15, 0.2) is 0 Å². The van der Waals surface area contributed by atoms with E-state index in [9.17, 15) is 18.9 Å². The van der Waals surface area contributed by atoms with Crippen LogP contribution in [0.2, 0.25) is 0 Å². The number of hydrogen-bond donors (Lipinski definition) is 2. The van der Waals surface area contributed by atoms with Crippen LogP contribution in [0.1, 0.15) is 25.7 Å². The zero-order valence-corrected chi connectivity index (χ0v) is 13.7. The van der Waals surface area contributed by atoms with E-state index in [1.807, 2.05) is 0 Å². The highest BCUT2D eigenvalue weighted by Gasteiger charge is 2.40. The Morgan fingerprint density at radius 2 is 1.59 bits per heavy atom. The normalized spacial score (nSPS) is 50.6. The molecule has 2 bridgehead atoms. The molecule has 2 N–H and O–H groups in total. The summed E-state index contributed by atoms with van der Waals surface area (Å²) in [5.74, 6) is -0.0227. The van der Waals surface area contributed by atoms with Crippen LogP contribution in [0, 0.1) is 5.92 Å². The van der Waals surface area contributed by atoms with Crippen LogP contribution in [0.5, 0.6) is 0 Å².